The van der Waals surface area contributed by atoms with Crippen LogP contribution in [-0.2, 0) is 6.61 Å². The minimum Gasteiger partial charge on any atom is -0.483 e. The maximum absolute atomic E-state index is 13.9. The molecule has 0 saturated heterocycles. The molecule has 7 nitrogen and oxygen atoms in total. The molecule has 0 aromatic carbocycles. The molecule has 1 atom stereocenters. The van der Waals surface area contributed by atoms with Crippen molar-refractivity contribution in [3.8, 4) is 5.75 Å². The summed E-state index contributed by atoms with van der Waals surface area (Å²) >= 11 is 6.16. The molecule has 3 heterocycles. The van der Waals surface area contributed by atoms with Crippen molar-refractivity contribution in [2.45, 2.75) is 64.0 Å². The molecule has 37 heavy (non-hydrogen) atoms. The Bertz CT molecular complexity index is 1290. The van der Waals surface area contributed by atoms with Crippen LogP contribution in [0, 0.1) is 12.7 Å². The van der Waals surface area contributed by atoms with Crippen molar-refractivity contribution < 1.29 is 41.0 Å². The van der Waals surface area contributed by atoms with Crippen molar-refractivity contribution in [3.63, 3.8) is 0 Å². The van der Waals surface area contributed by atoms with Crippen LogP contribution in [0.2, 0.25) is 5.02 Å². The van der Waals surface area contributed by atoms with Gasteiger partial charge in [-0.25, -0.2) is 9.37 Å². The summed E-state index contributed by atoms with van der Waals surface area (Å²) < 4.78 is 85.5. The highest BCUT2D eigenvalue weighted by Gasteiger charge is 2.57. The van der Waals surface area contributed by atoms with Gasteiger partial charge in [-0.05, 0) is 39.3 Å². The number of halogens is 7. The predicted molar refractivity (Wildman–Crippen MR) is 121 cm³/mol. The van der Waals surface area contributed by atoms with Gasteiger partial charge < -0.3 is 15.2 Å². The van der Waals surface area contributed by atoms with Gasteiger partial charge in [0, 0.05) is 24.9 Å². The summed E-state index contributed by atoms with van der Waals surface area (Å²) in [6.07, 6.45) is -5.60. The minimum atomic E-state index is -5.77. The molecule has 3 aromatic heterocycles. The number of rotatable bonds is 9. The maximum atomic E-state index is 13.9. The number of pyridine rings is 2. The van der Waals surface area contributed by atoms with Crippen LogP contribution in [0.3, 0.4) is 0 Å². The molecule has 3 aromatic rings. The summed E-state index contributed by atoms with van der Waals surface area (Å²) in [5.41, 5.74) is -1.71. The van der Waals surface area contributed by atoms with Crippen molar-refractivity contribution in [2.75, 3.05) is 0 Å². The molecule has 2 N–H and O–H groups in total. The van der Waals surface area contributed by atoms with E-state index in [0.29, 0.717) is 0 Å². The SMILES string of the molecule is Cc1nc2c(OCc3ncccc3F)cc(Cl)cn2c1C(=O)NC(CCC(F)(F)C(F)(F)F)C(C)(C)O. The van der Waals surface area contributed by atoms with Crippen molar-refractivity contribution in [2.24, 2.45) is 0 Å². The fourth-order valence-electron chi connectivity index (χ4n) is 3.54. The molecular formula is C23H23ClF6N4O3. The zero-order chi connectivity index (χ0) is 27.8. The molecule has 0 aliphatic carbocycles. The van der Waals surface area contributed by atoms with E-state index in [9.17, 15) is 36.2 Å². The smallest absolute Gasteiger partial charge is 0.453 e. The zero-order valence-corrected chi connectivity index (χ0v) is 20.6. The van der Waals surface area contributed by atoms with Crippen molar-refractivity contribution in [3.05, 3.63) is 58.5 Å². The second-order valence-electron chi connectivity index (χ2n) is 8.90. The highest BCUT2D eigenvalue weighted by molar-refractivity contribution is 6.30. The average molecular weight is 553 g/mol. The lowest BCUT2D eigenvalue weighted by molar-refractivity contribution is -0.285. The number of carbonyl (C=O) groups is 1. The molecule has 0 aliphatic heterocycles. The number of nitrogens with zero attached hydrogens (tertiary/aromatic N) is 3. The van der Waals surface area contributed by atoms with Crippen LogP contribution in [0.1, 0.15) is 48.6 Å². The van der Waals surface area contributed by atoms with Crippen LogP contribution in [0.15, 0.2) is 30.6 Å². The Balaban J connectivity index is 1.89. The summed E-state index contributed by atoms with van der Waals surface area (Å²) in [5, 5.41) is 12.8. The molecule has 0 saturated carbocycles. The monoisotopic (exact) mass is 552 g/mol. The summed E-state index contributed by atoms with van der Waals surface area (Å²) in [4.78, 5) is 21.3. The second-order valence-corrected chi connectivity index (χ2v) is 9.34. The number of carbonyl (C=O) groups excluding carboxylic acids is 1. The summed E-state index contributed by atoms with van der Waals surface area (Å²) in [6.45, 7) is 3.51. The molecule has 202 valence electrons. The fourth-order valence-corrected chi connectivity index (χ4v) is 3.74. The van der Waals surface area contributed by atoms with Gasteiger partial charge in [-0.3, -0.25) is 14.2 Å². The largest absolute Gasteiger partial charge is 0.483 e. The second kappa shape index (κ2) is 10.4. The number of aromatic nitrogens is 3. The maximum Gasteiger partial charge on any atom is 0.453 e. The number of ether oxygens (including phenoxy) is 1. The number of aryl methyl sites for hydroxylation is 1. The molecule has 0 spiro atoms. The van der Waals surface area contributed by atoms with Gasteiger partial charge >= 0.3 is 12.1 Å². The Kier molecular flexibility index (Phi) is 7.99. The Morgan fingerprint density at radius 2 is 1.95 bits per heavy atom. The first-order chi connectivity index (χ1) is 17.0. The molecule has 0 aliphatic rings. The first-order valence-corrected chi connectivity index (χ1v) is 11.3. The number of amides is 1. The number of aliphatic hydroxyl groups is 1. The van der Waals surface area contributed by atoms with Gasteiger partial charge in [0.2, 0.25) is 0 Å². The number of nitrogens with one attached hydrogen (secondary N) is 1. The van der Waals surface area contributed by atoms with E-state index >= 15 is 0 Å². The van der Waals surface area contributed by atoms with Gasteiger partial charge in [0.25, 0.3) is 5.91 Å². The summed E-state index contributed by atoms with van der Waals surface area (Å²) in [5.74, 6) is -6.44. The normalized spacial score (nSPS) is 13.6. The molecule has 1 unspecified atom stereocenters. The third-order valence-corrected chi connectivity index (χ3v) is 5.77. The predicted octanol–water partition coefficient (Wildman–Crippen LogP) is 5.26. The number of hydrogen-bond acceptors (Lipinski definition) is 5. The molecule has 0 fully saturated rings. The van der Waals surface area contributed by atoms with E-state index in [-0.39, 0.29) is 40.1 Å². The third kappa shape index (κ3) is 6.45. The molecule has 0 radical (unpaired) electrons. The standard InChI is InChI=1S/C23H23ClF6N4O3/c1-12-18(20(35)33-17(21(2,3)36)6-7-22(26,27)23(28,29)30)34-10-13(24)9-16(19(34)32-12)37-11-15-14(25)5-4-8-31-15/h4-5,8-10,17,36H,6-7,11H2,1-3H3,(H,33,35). The van der Waals surface area contributed by atoms with E-state index < -0.39 is 48.3 Å². The molecule has 0 bridgehead atoms. The van der Waals surface area contributed by atoms with Gasteiger partial charge in [0.1, 0.15) is 23.8 Å². The van der Waals surface area contributed by atoms with E-state index in [1.807, 2.05) is 0 Å². The van der Waals surface area contributed by atoms with Crippen molar-refractivity contribution in [1.82, 2.24) is 19.7 Å². The van der Waals surface area contributed by atoms with Crippen LogP contribution in [0.5, 0.6) is 5.75 Å². The molecule has 3 rings (SSSR count). The molecular weight excluding hydrogens is 530 g/mol. The van der Waals surface area contributed by atoms with E-state index in [2.05, 4.69) is 15.3 Å². The number of imidazole rings is 1. The lowest BCUT2D eigenvalue weighted by atomic mass is 9.92. The zero-order valence-electron chi connectivity index (χ0n) is 19.8. The minimum absolute atomic E-state index is 0.00514. The van der Waals surface area contributed by atoms with Crippen LogP contribution >= 0.6 is 11.6 Å². The highest BCUT2D eigenvalue weighted by atomic mass is 35.5. The average Bonchev–Trinajstić information content (AvgIpc) is 3.09. The van der Waals surface area contributed by atoms with E-state index in [0.717, 1.165) is 0 Å². The van der Waals surface area contributed by atoms with Crippen molar-refractivity contribution in [1.29, 1.82) is 0 Å². The Morgan fingerprint density at radius 1 is 1.27 bits per heavy atom. The number of alkyl halides is 5. The van der Waals surface area contributed by atoms with Gasteiger partial charge in [-0.15, -0.1) is 0 Å². The van der Waals surface area contributed by atoms with Crippen molar-refractivity contribution >= 4 is 23.2 Å². The van der Waals surface area contributed by atoms with Crippen LogP contribution in [-0.4, -0.2) is 49.1 Å². The van der Waals surface area contributed by atoms with Gasteiger partial charge in [-0.2, -0.15) is 22.0 Å². The van der Waals surface area contributed by atoms with E-state index in [1.54, 1.807) is 0 Å². The van der Waals surface area contributed by atoms with Gasteiger partial charge in [-0.1, -0.05) is 11.6 Å². The van der Waals surface area contributed by atoms with E-state index in [1.165, 1.54) is 55.8 Å². The summed E-state index contributed by atoms with van der Waals surface area (Å²) in [7, 11) is 0. The first-order valence-electron chi connectivity index (χ1n) is 10.9. The quantitative estimate of drug-likeness (QED) is 0.354. The Hall–Kier alpha value is -3.06. The summed E-state index contributed by atoms with van der Waals surface area (Å²) in [6, 6.07) is 2.51. The topological polar surface area (TPSA) is 88.8 Å². The molecule has 1 amide bonds. The lowest BCUT2D eigenvalue weighted by Crippen LogP contribution is -2.51. The van der Waals surface area contributed by atoms with Crippen LogP contribution < -0.4 is 10.1 Å². The Labute approximate surface area is 212 Å². The van der Waals surface area contributed by atoms with Gasteiger partial charge in [0.05, 0.1) is 22.4 Å². The van der Waals surface area contributed by atoms with Crippen LogP contribution in [0.4, 0.5) is 26.3 Å². The van der Waals surface area contributed by atoms with Crippen LogP contribution in [0.25, 0.3) is 5.65 Å². The first kappa shape index (κ1) is 28.5. The van der Waals surface area contributed by atoms with E-state index in [4.69, 9.17) is 16.3 Å². The Morgan fingerprint density at radius 3 is 2.54 bits per heavy atom. The lowest BCUT2D eigenvalue weighted by Gasteiger charge is -2.31. The highest BCUT2D eigenvalue weighted by Crippen LogP contribution is 2.39. The third-order valence-electron chi connectivity index (χ3n) is 5.56. The van der Waals surface area contributed by atoms with Gasteiger partial charge in [0.15, 0.2) is 11.4 Å². The molecule has 14 heteroatoms. The number of fused-ring (bicyclic) bond motifs is 1. The fraction of sp³-hybridized carbons (Fsp3) is 0.435. The number of hydrogen-bond donors (Lipinski definition) is 2.